The van der Waals surface area contributed by atoms with Crippen molar-refractivity contribution >= 4 is 17.7 Å². The molecule has 0 radical (unpaired) electrons. The molecule has 34 heavy (non-hydrogen) atoms. The van der Waals surface area contributed by atoms with Crippen molar-refractivity contribution in [2.45, 2.75) is 18.1 Å². The molecule has 2 aromatic heterocycles. The summed E-state index contributed by atoms with van der Waals surface area (Å²) in [6.07, 6.45) is 3.65. The topological polar surface area (TPSA) is 80.3 Å². The SMILES string of the molecule is CSc1ncc(C(=O)N2CCN(C(C)c3nc(-c4ccccc4)no3)CC2)n1-c1ccccc1. The molecule has 1 aliphatic heterocycles. The number of carbonyl (C=O) groups excluding carboxylic acids is 1. The molecule has 0 aliphatic carbocycles. The molecular weight excluding hydrogens is 448 g/mol. The minimum atomic E-state index is -0.0276. The Morgan fingerprint density at radius 3 is 2.35 bits per heavy atom. The number of carbonyl (C=O) groups is 1. The Labute approximate surface area is 202 Å². The highest BCUT2D eigenvalue weighted by Crippen LogP contribution is 2.26. The lowest BCUT2D eigenvalue weighted by Crippen LogP contribution is -2.49. The fraction of sp³-hybridized carbons (Fsp3) is 0.280. The van der Waals surface area contributed by atoms with E-state index in [1.54, 1.807) is 6.20 Å². The molecule has 1 aliphatic rings. The first-order chi connectivity index (χ1) is 16.7. The Morgan fingerprint density at radius 2 is 1.68 bits per heavy atom. The number of aromatic nitrogens is 4. The molecule has 5 rings (SSSR count). The first-order valence-corrected chi connectivity index (χ1v) is 12.5. The van der Waals surface area contributed by atoms with Gasteiger partial charge in [0.1, 0.15) is 5.69 Å². The van der Waals surface area contributed by atoms with E-state index in [2.05, 4.69) is 26.9 Å². The van der Waals surface area contributed by atoms with Crippen LogP contribution in [0.25, 0.3) is 17.1 Å². The number of amides is 1. The molecule has 3 heterocycles. The Kier molecular flexibility index (Phi) is 6.46. The van der Waals surface area contributed by atoms with Gasteiger partial charge in [-0.3, -0.25) is 14.3 Å². The number of thioether (sulfide) groups is 1. The van der Waals surface area contributed by atoms with E-state index in [4.69, 9.17) is 4.52 Å². The normalized spacial score (nSPS) is 15.4. The van der Waals surface area contributed by atoms with Crippen molar-refractivity contribution in [2.24, 2.45) is 0 Å². The van der Waals surface area contributed by atoms with Crippen molar-refractivity contribution in [3.8, 4) is 17.1 Å². The lowest BCUT2D eigenvalue weighted by atomic mass is 10.2. The number of benzene rings is 2. The van der Waals surface area contributed by atoms with Crippen LogP contribution in [0.15, 0.2) is 76.5 Å². The number of piperazine rings is 1. The maximum Gasteiger partial charge on any atom is 0.272 e. The van der Waals surface area contributed by atoms with Crippen LogP contribution in [-0.2, 0) is 0 Å². The van der Waals surface area contributed by atoms with Gasteiger partial charge in [-0.2, -0.15) is 4.98 Å². The quantitative estimate of drug-likeness (QED) is 0.388. The molecule has 0 N–H and O–H groups in total. The van der Waals surface area contributed by atoms with E-state index in [-0.39, 0.29) is 11.9 Å². The van der Waals surface area contributed by atoms with Crippen LogP contribution < -0.4 is 0 Å². The summed E-state index contributed by atoms with van der Waals surface area (Å²) >= 11 is 1.53. The molecule has 1 atom stereocenters. The summed E-state index contributed by atoms with van der Waals surface area (Å²) in [7, 11) is 0. The fourth-order valence-electron chi connectivity index (χ4n) is 4.20. The fourth-order valence-corrected chi connectivity index (χ4v) is 4.74. The summed E-state index contributed by atoms with van der Waals surface area (Å²) in [6.45, 7) is 4.76. The van der Waals surface area contributed by atoms with Gasteiger partial charge in [-0.15, -0.1) is 0 Å². The first-order valence-electron chi connectivity index (χ1n) is 11.2. The zero-order valence-corrected chi connectivity index (χ0v) is 20.0. The zero-order valence-electron chi connectivity index (χ0n) is 19.2. The molecule has 0 spiro atoms. The summed E-state index contributed by atoms with van der Waals surface area (Å²) in [5.41, 5.74) is 2.45. The standard InChI is InChI=1S/C25H26N6O2S/c1-18(23-27-22(28-33-23)19-9-5-3-6-10-19)29-13-15-30(16-14-29)24(32)21-17-26-25(34-2)31(21)20-11-7-4-8-12-20/h3-12,17-18H,13-16H2,1-2H3. The summed E-state index contributed by atoms with van der Waals surface area (Å²) < 4.78 is 7.50. The highest BCUT2D eigenvalue weighted by molar-refractivity contribution is 7.98. The predicted molar refractivity (Wildman–Crippen MR) is 131 cm³/mol. The second-order valence-corrected chi connectivity index (χ2v) is 8.90. The smallest absolute Gasteiger partial charge is 0.272 e. The van der Waals surface area contributed by atoms with Crippen LogP contribution in [0.4, 0.5) is 0 Å². The number of hydrogen-bond acceptors (Lipinski definition) is 7. The monoisotopic (exact) mass is 474 g/mol. The third kappa shape index (κ3) is 4.36. The van der Waals surface area contributed by atoms with Crippen LogP contribution in [0.1, 0.15) is 29.3 Å². The van der Waals surface area contributed by atoms with Crippen molar-refractivity contribution in [3.63, 3.8) is 0 Å². The van der Waals surface area contributed by atoms with E-state index >= 15 is 0 Å². The summed E-state index contributed by atoms with van der Waals surface area (Å²) in [4.78, 5) is 26.7. The van der Waals surface area contributed by atoms with Crippen LogP contribution >= 0.6 is 11.8 Å². The number of rotatable bonds is 6. The molecule has 174 valence electrons. The van der Waals surface area contributed by atoms with Gasteiger partial charge in [-0.05, 0) is 25.3 Å². The van der Waals surface area contributed by atoms with Crippen LogP contribution in [0.3, 0.4) is 0 Å². The number of nitrogens with zero attached hydrogens (tertiary/aromatic N) is 6. The second kappa shape index (κ2) is 9.82. The van der Waals surface area contributed by atoms with Gasteiger partial charge in [-0.1, -0.05) is 65.4 Å². The van der Waals surface area contributed by atoms with Crippen molar-refractivity contribution < 1.29 is 9.32 Å². The summed E-state index contributed by atoms with van der Waals surface area (Å²) in [6, 6.07) is 19.7. The van der Waals surface area contributed by atoms with Crippen LogP contribution in [-0.4, -0.2) is 67.8 Å². The molecule has 2 aromatic carbocycles. The highest BCUT2D eigenvalue weighted by atomic mass is 32.2. The van der Waals surface area contributed by atoms with Gasteiger partial charge in [0.25, 0.3) is 5.91 Å². The van der Waals surface area contributed by atoms with Gasteiger partial charge < -0.3 is 9.42 Å². The third-order valence-electron chi connectivity index (χ3n) is 6.13. The minimum absolute atomic E-state index is 0.00638. The van der Waals surface area contributed by atoms with Crippen molar-refractivity contribution in [3.05, 3.63) is 78.4 Å². The summed E-state index contributed by atoms with van der Waals surface area (Å²) in [5, 5.41) is 4.94. The van der Waals surface area contributed by atoms with Crippen LogP contribution in [0.5, 0.6) is 0 Å². The largest absolute Gasteiger partial charge is 0.337 e. The maximum absolute atomic E-state index is 13.4. The van der Waals surface area contributed by atoms with Crippen molar-refractivity contribution in [2.75, 3.05) is 32.4 Å². The Morgan fingerprint density at radius 1 is 1.00 bits per heavy atom. The predicted octanol–water partition coefficient (Wildman–Crippen LogP) is 4.16. The third-order valence-corrected chi connectivity index (χ3v) is 6.78. The molecule has 1 fully saturated rings. The lowest BCUT2D eigenvalue weighted by Gasteiger charge is -2.36. The van der Waals surface area contributed by atoms with Crippen molar-refractivity contribution in [1.29, 1.82) is 0 Å². The molecule has 0 saturated carbocycles. The Balaban J connectivity index is 1.27. The minimum Gasteiger partial charge on any atom is -0.337 e. The average molecular weight is 475 g/mol. The first kappa shape index (κ1) is 22.4. The van der Waals surface area contributed by atoms with Crippen molar-refractivity contribution in [1.82, 2.24) is 29.5 Å². The highest BCUT2D eigenvalue weighted by Gasteiger charge is 2.30. The van der Waals surface area contributed by atoms with Gasteiger partial charge in [-0.25, -0.2) is 4.98 Å². The zero-order chi connectivity index (χ0) is 23.5. The van der Waals surface area contributed by atoms with Gasteiger partial charge in [0.15, 0.2) is 5.16 Å². The average Bonchev–Trinajstić information content (AvgIpc) is 3.57. The second-order valence-electron chi connectivity index (χ2n) is 8.13. The molecule has 8 nitrogen and oxygen atoms in total. The van der Waals surface area contributed by atoms with E-state index in [9.17, 15) is 4.79 Å². The van der Waals surface area contributed by atoms with Crippen LogP contribution in [0.2, 0.25) is 0 Å². The van der Waals surface area contributed by atoms with Gasteiger partial charge in [0.05, 0.1) is 12.2 Å². The summed E-state index contributed by atoms with van der Waals surface area (Å²) in [5.74, 6) is 1.17. The molecule has 9 heteroatoms. The number of hydrogen-bond donors (Lipinski definition) is 0. The molecule has 1 unspecified atom stereocenters. The van der Waals surface area contributed by atoms with E-state index in [0.29, 0.717) is 30.5 Å². The van der Waals surface area contributed by atoms with E-state index in [0.717, 1.165) is 29.5 Å². The van der Waals surface area contributed by atoms with Crippen LogP contribution in [0, 0.1) is 0 Å². The lowest BCUT2D eigenvalue weighted by molar-refractivity contribution is 0.0544. The molecule has 0 bridgehead atoms. The Hall–Kier alpha value is -3.43. The van der Waals surface area contributed by atoms with Gasteiger partial charge in [0.2, 0.25) is 11.7 Å². The van der Waals surface area contributed by atoms with Gasteiger partial charge in [0, 0.05) is 37.4 Å². The van der Waals surface area contributed by atoms with Gasteiger partial charge >= 0.3 is 0 Å². The maximum atomic E-state index is 13.4. The van der Waals surface area contributed by atoms with E-state index in [1.807, 2.05) is 76.4 Å². The number of imidazole rings is 1. The molecule has 1 saturated heterocycles. The van der Waals surface area contributed by atoms with E-state index < -0.39 is 0 Å². The number of para-hydroxylation sites is 1. The molecule has 4 aromatic rings. The molecule has 1 amide bonds. The molecular formula is C25H26N6O2S. The van der Waals surface area contributed by atoms with E-state index in [1.165, 1.54) is 11.8 Å². The Bertz CT molecular complexity index is 1250.